The van der Waals surface area contributed by atoms with Crippen LogP contribution in [0.4, 0.5) is 0 Å². The molecule has 1 aliphatic heterocycles. The summed E-state index contributed by atoms with van der Waals surface area (Å²) in [7, 11) is -0.219. The Kier molecular flexibility index (Phi) is 4.74. The maximum atomic E-state index is 2.38. The molecule has 0 bridgehead atoms. The Balaban J connectivity index is 1.72. The molecule has 0 radical (unpaired) electrons. The first-order chi connectivity index (χ1) is 7.40. The summed E-state index contributed by atoms with van der Waals surface area (Å²) in [6.07, 6.45) is 12.5. The minimum Gasteiger partial charge on any atom is -0.0657 e. The average molecular weight is 224 g/mol. The second kappa shape index (κ2) is 6.08. The molecule has 0 nitrogen and oxygen atoms in total. The van der Waals surface area contributed by atoms with Gasteiger partial charge >= 0.3 is 0 Å². The monoisotopic (exact) mass is 224 g/mol. The molecular weight excluding hydrogens is 196 g/mol. The van der Waals surface area contributed by atoms with Crippen LogP contribution in [0.5, 0.6) is 0 Å². The maximum absolute atomic E-state index is 2.38. The first-order valence-corrected chi connectivity index (χ1v) is 9.85. The molecule has 2 aliphatic rings. The van der Waals surface area contributed by atoms with Gasteiger partial charge in [0.05, 0.1) is 0 Å². The van der Waals surface area contributed by atoms with E-state index in [0.717, 1.165) is 11.8 Å². The molecule has 2 rings (SSSR count). The second-order valence-electron chi connectivity index (χ2n) is 5.97. The first-order valence-electron chi connectivity index (χ1n) is 7.40. The van der Waals surface area contributed by atoms with Crippen molar-refractivity contribution >= 4 is 8.80 Å². The van der Waals surface area contributed by atoms with Gasteiger partial charge in [0.2, 0.25) is 0 Å². The molecule has 1 heterocycles. The van der Waals surface area contributed by atoms with Crippen LogP contribution in [-0.4, -0.2) is 8.80 Å². The molecule has 2 fully saturated rings. The van der Waals surface area contributed by atoms with Gasteiger partial charge in [0.15, 0.2) is 0 Å². The predicted octanol–water partition coefficient (Wildman–Crippen LogP) is 4.61. The van der Waals surface area contributed by atoms with Crippen LogP contribution in [-0.2, 0) is 0 Å². The Bertz CT molecular complexity index is 164. The first kappa shape index (κ1) is 11.7. The maximum Gasteiger partial charge on any atom is 0.0367 e. The Labute approximate surface area is 97.4 Å². The largest absolute Gasteiger partial charge is 0.0657 e. The highest BCUT2D eigenvalue weighted by atomic mass is 28.3. The minimum atomic E-state index is -0.219. The molecule has 15 heavy (non-hydrogen) atoms. The number of hydrogen-bond acceptors (Lipinski definition) is 0. The number of hydrogen-bond donors (Lipinski definition) is 0. The van der Waals surface area contributed by atoms with E-state index in [9.17, 15) is 0 Å². The van der Waals surface area contributed by atoms with Gasteiger partial charge in [-0.15, -0.1) is 0 Å². The fourth-order valence-corrected chi connectivity index (χ4v) is 7.44. The van der Waals surface area contributed by atoms with Gasteiger partial charge in [-0.3, -0.25) is 0 Å². The summed E-state index contributed by atoms with van der Waals surface area (Å²) < 4.78 is 0. The van der Waals surface area contributed by atoms with Crippen LogP contribution >= 0.6 is 0 Å². The fourth-order valence-electron chi connectivity index (χ4n) is 3.96. The lowest BCUT2D eigenvalue weighted by molar-refractivity contribution is 0.230. The van der Waals surface area contributed by atoms with E-state index in [1.54, 1.807) is 43.8 Å². The molecule has 1 heteroatoms. The molecule has 1 saturated carbocycles. The SMILES string of the molecule is CCC[SiH]1CCC(C2CCCCC2)CC1. The second-order valence-corrected chi connectivity index (χ2v) is 9.43. The van der Waals surface area contributed by atoms with Gasteiger partial charge in [-0.05, 0) is 11.8 Å². The van der Waals surface area contributed by atoms with E-state index in [1.807, 2.05) is 0 Å². The quantitative estimate of drug-likeness (QED) is 0.614. The number of rotatable bonds is 3. The average Bonchev–Trinajstić information content (AvgIpc) is 2.32. The van der Waals surface area contributed by atoms with Crippen molar-refractivity contribution < 1.29 is 0 Å². The Hall–Kier alpha value is 0.217. The van der Waals surface area contributed by atoms with Crippen LogP contribution in [0.15, 0.2) is 0 Å². The van der Waals surface area contributed by atoms with Crippen LogP contribution < -0.4 is 0 Å². The highest BCUT2D eigenvalue weighted by molar-refractivity contribution is 6.58. The molecule has 0 unspecified atom stereocenters. The summed E-state index contributed by atoms with van der Waals surface area (Å²) in [6.45, 7) is 2.38. The highest BCUT2D eigenvalue weighted by Gasteiger charge is 2.28. The summed E-state index contributed by atoms with van der Waals surface area (Å²) >= 11 is 0. The molecule has 1 saturated heterocycles. The zero-order valence-electron chi connectivity index (χ0n) is 10.5. The standard InChI is InChI=1S/C14H28Si/c1-2-10-15-11-8-14(9-12-15)13-6-4-3-5-7-13/h13-15H,2-12H2,1H3. The van der Waals surface area contributed by atoms with Gasteiger partial charge < -0.3 is 0 Å². The zero-order chi connectivity index (χ0) is 10.5. The van der Waals surface area contributed by atoms with Crippen molar-refractivity contribution in [2.24, 2.45) is 11.8 Å². The van der Waals surface area contributed by atoms with Crippen LogP contribution in [0.25, 0.3) is 0 Å². The Morgan fingerprint density at radius 1 is 0.867 bits per heavy atom. The van der Waals surface area contributed by atoms with Gasteiger partial charge in [0.1, 0.15) is 0 Å². The van der Waals surface area contributed by atoms with Crippen molar-refractivity contribution in [2.75, 3.05) is 0 Å². The van der Waals surface area contributed by atoms with E-state index in [2.05, 4.69) is 6.92 Å². The van der Waals surface area contributed by atoms with Crippen molar-refractivity contribution in [1.82, 2.24) is 0 Å². The lowest BCUT2D eigenvalue weighted by atomic mass is 9.77. The third-order valence-electron chi connectivity index (χ3n) is 4.90. The summed E-state index contributed by atoms with van der Waals surface area (Å²) in [5, 5.41) is 0. The van der Waals surface area contributed by atoms with Crippen molar-refractivity contribution in [1.29, 1.82) is 0 Å². The van der Waals surface area contributed by atoms with Gasteiger partial charge in [-0.25, -0.2) is 0 Å². The van der Waals surface area contributed by atoms with Crippen LogP contribution in [0.1, 0.15) is 58.3 Å². The van der Waals surface area contributed by atoms with Gasteiger partial charge in [0.25, 0.3) is 0 Å². The van der Waals surface area contributed by atoms with E-state index in [4.69, 9.17) is 0 Å². The molecule has 88 valence electrons. The van der Waals surface area contributed by atoms with Crippen molar-refractivity contribution in [3.63, 3.8) is 0 Å². The van der Waals surface area contributed by atoms with E-state index < -0.39 is 0 Å². The van der Waals surface area contributed by atoms with E-state index in [-0.39, 0.29) is 8.80 Å². The normalized spacial score (nSPS) is 34.2. The molecule has 0 amide bonds. The fraction of sp³-hybridized carbons (Fsp3) is 1.00. The van der Waals surface area contributed by atoms with Crippen molar-refractivity contribution in [2.45, 2.75) is 76.4 Å². The Morgan fingerprint density at radius 3 is 2.07 bits per heavy atom. The van der Waals surface area contributed by atoms with Crippen molar-refractivity contribution in [3.8, 4) is 0 Å². The Morgan fingerprint density at radius 2 is 1.47 bits per heavy atom. The topological polar surface area (TPSA) is 0 Å². The van der Waals surface area contributed by atoms with E-state index in [1.165, 1.54) is 25.7 Å². The third kappa shape index (κ3) is 3.34. The molecule has 0 N–H and O–H groups in total. The van der Waals surface area contributed by atoms with E-state index >= 15 is 0 Å². The molecule has 0 atom stereocenters. The lowest BCUT2D eigenvalue weighted by Gasteiger charge is -2.35. The predicted molar refractivity (Wildman–Crippen MR) is 71.2 cm³/mol. The summed E-state index contributed by atoms with van der Waals surface area (Å²) in [6, 6.07) is 5.02. The van der Waals surface area contributed by atoms with E-state index in [0.29, 0.717) is 0 Å². The van der Waals surface area contributed by atoms with Crippen LogP contribution in [0.3, 0.4) is 0 Å². The summed E-state index contributed by atoms with van der Waals surface area (Å²) in [4.78, 5) is 0. The molecular formula is C14H28Si. The summed E-state index contributed by atoms with van der Waals surface area (Å²) in [5.74, 6) is 2.31. The van der Waals surface area contributed by atoms with Crippen molar-refractivity contribution in [3.05, 3.63) is 0 Å². The molecule has 0 aromatic rings. The van der Waals surface area contributed by atoms with Gasteiger partial charge in [-0.2, -0.15) is 0 Å². The minimum absolute atomic E-state index is 0.219. The van der Waals surface area contributed by atoms with Gasteiger partial charge in [0, 0.05) is 8.80 Å². The van der Waals surface area contributed by atoms with Gasteiger partial charge in [-0.1, -0.05) is 76.4 Å². The highest BCUT2D eigenvalue weighted by Crippen LogP contribution is 2.39. The van der Waals surface area contributed by atoms with Crippen LogP contribution in [0.2, 0.25) is 18.1 Å². The zero-order valence-corrected chi connectivity index (χ0v) is 11.7. The smallest absolute Gasteiger partial charge is 0.0367 e. The lowest BCUT2D eigenvalue weighted by Crippen LogP contribution is -2.26. The molecule has 0 aromatic carbocycles. The molecule has 0 spiro atoms. The molecule has 1 aliphatic carbocycles. The molecule has 0 aromatic heterocycles. The third-order valence-corrected chi connectivity index (χ3v) is 8.60. The van der Waals surface area contributed by atoms with Crippen LogP contribution in [0, 0.1) is 11.8 Å². The summed E-state index contributed by atoms with van der Waals surface area (Å²) in [5.41, 5.74) is 0.